The molecule has 2 rings (SSSR count). The quantitative estimate of drug-likeness (QED) is 0.624. The summed E-state index contributed by atoms with van der Waals surface area (Å²) in [6.07, 6.45) is 5.66. The molecule has 0 aromatic heterocycles. The second-order valence-electron chi connectivity index (χ2n) is 5.29. The maximum atomic E-state index is 2.42. The lowest BCUT2D eigenvalue weighted by atomic mass is 9.76. The van der Waals surface area contributed by atoms with Gasteiger partial charge in [0.1, 0.15) is 0 Å². The number of rotatable bonds is 1. The predicted molar refractivity (Wildman–Crippen MR) is 66.3 cm³/mol. The standard InChI is InChI=1S/C15H22/c1-11-8-12(2)10-14(9-11)15-7-5-4-6-13(15)3/h8-10,13,15H,4-7H2,1-3H3/t13-,15+/m0/s1. The van der Waals surface area contributed by atoms with Crippen molar-refractivity contribution in [1.82, 2.24) is 0 Å². The second-order valence-corrected chi connectivity index (χ2v) is 5.29. The average Bonchev–Trinajstić information content (AvgIpc) is 2.16. The lowest BCUT2D eigenvalue weighted by Gasteiger charge is -2.29. The van der Waals surface area contributed by atoms with Gasteiger partial charge >= 0.3 is 0 Å². The second kappa shape index (κ2) is 4.38. The molecule has 0 spiro atoms. The van der Waals surface area contributed by atoms with Crippen LogP contribution in [0.4, 0.5) is 0 Å². The molecule has 0 bridgehead atoms. The third kappa shape index (κ3) is 2.42. The Hall–Kier alpha value is -0.780. The van der Waals surface area contributed by atoms with Crippen molar-refractivity contribution in [3.63, 3.8) is 0 Å². The van der Waals surface area contributed by atoms with Gasteiger partial charge in [-0.2, -0.15) is 0 Å². The van der Waals surface area contributed by atoms with Crippen LogP contribution in [0.3, 0.4) is 0 Å². The van der Waals surface area contributed by atoms with E-state index in [9.17, 15) is 0 Å². The minimum atomic E-state index is 0.817. The first-order chi connectivity index (χ1) is 7.16. The molecule has 1 aliphatic carbocycles. The molecule has 1 aromatic rings. The highest BCUT2D eigenvalue weighted by molar-refractivity contribution is 5.31. The maximum absolute atomic E-state index is 2.42. The van der Waals surface area contributed by atoms with Crippen LogP contribution in [0.1, 0.15) is 55.2 Å². The summed E-state index contributed by atoms with van der Waals surface area (Å²) in [5, 5.41) is 0. The van der Waals surface area contributed by atoms with Gasteiger partial charge in [-0.15, -0.1) is 0 Å². The van der Waals surface area contributed by atoms with E-state index in [0.717, 1.165) is 11.8 Å². The largest absolute Gasteiger partial charge is 0.0619 e. The Morgan fingerprint density at radius 3 is 2.13 bits per heavy atom. The van der Waals surface area contributed by atoms with Crippen LogP contribution in [0.2, 0.25) is 0 Å². The molecular weight excluding hydrogens is 180 g/mol. The van der Waals surface area contributed by atoms with Crippen LogP contribution in [0.25, 0.3) is 0 Å². The van der Waals surface area contributed by atoms with Gasteiger partial charge in [0.25, 0.3) is 0 Å². The van der Waals surface area contributed by atoms with Gasteiger partial charge in [0.15, 0.2) is 0 Å². The van der Waals surface area contributed by atoms with Crippen molar-refractivity contribution in [2.45, 2.75) is 52.4 Å². The van der Waals surface area contributed by atoms with E-state index < -0.39 is 0 Å². The number of aryl methyl sites for hydroxylation is 2. The van der Waals surface area contributed by atoms with Crippen molar-refractivity contribution in [3.8, 4) is 0 Å². The van der Waals surface area contributed by atoms with Gasteiger partial charge in [-0.3, -0.25) is 0 Å². The van der Waals surface area contributed by atoms with E-state index in [1.54, 1.807) is 5.56 Å². The summed E-state index contributed by atoms with van der Waals surface area (Å²) in [7, 11) is 0. The molecule has 15 heavy (non-hydrogen) atoms. The zero-order valence-corrected chi connectivity index (χ0v) is 10.2. The first-order valence-corrected chi connectivity index (χ1v) is 6.25. The van der Waals surface area contributed by atoms with Gasteiger partial charge in [0.05, 0.1) is 0 Å². The maximum Gasteiger partial charge on any atom is -0.0136 e. The highest BCUT2D eigenvalue weighted by Crippen LogP contribution is 2.37. The summed E-state index contributed by atoms with van der Waals surface area (Å²) < 4.78 is 0. The molecule has 0 nitrogen and oxygen atoms in total. The van der Waals surface area contributed by atoms with Crippen LogP contribution in [0.15, 0.2) is 18.2 Å². The topological polar surface area (TPSA) is 0 Å². The number of hydrogen-bond acceptors (Lipinski definition) is 0. The normalized spacial score (nSPS) is 26.6. The molecule has 0 amide bonds. The van der Waals surface area contributed by atoms with E-state index in [2.05, 4.69) is 39.0 Å². The first kappa shape index (κ1) is 10.7. The smallest absolute Gasteiger partial charge is 0.0136 e. The fraction of sp³-hybridized carbons (Fsp3) is 0.600. The summed E-state index contributed by atoms with van der Waals surface area (Å²) in [4.78, 5) is 0. The SMILES string of the molecule is Cc1cc(C)cc([C@@H]2CCCC[C@@H]2C)c1. The number of benzene rings is 1. The Bertz CT molecular complexity index is 318. The monoisotopic (exact) mass is 202 g/mol. The van der Waals surface area contributed by atoms with E-state index in [0.29, 0.717) is 0 Å². The van der Waals surface area contributed by atoms with Crippen molar-refractivity contribution in [2.75, 3.05) is 0 Å². The van der Waals surface area contributed by atoms with E-state index in [-0.39, 0.29) is 0 Å². The highest BCUT2D eigenvalue weighted by atomic mass is 14.3. The molecule has 1 fully saturated rings. The molecule has 2 atom stereocenters. The Morgan fingerprint density at radius 1 is 0.933 bits per heavy atom. The van der Waals surface area contributed by atoms with Crippen molar-refractivity contribution in [2.24, 2.45) is 5.92 Å². The third-order valence-electron chi connectivity index (χ3n) is 3.78. The van der Waals surface area contributed by atoms with Crippen LogP contribution < -0.4 is 0 Å². The molecule has 0 aliphatic heterocycles. The van der Waals surface area contributed by atoms with Gasteiger partial charge in [-0.25, -0.2) is 0 Å². The van der Waals surface area contributed by atoms with Crippen molar-refractivity contribution < 1.29 is 0 Å². The lowest BCUT2D eigenvalue weighted by molar-refractivity contribution is 0.330. The Kier molecular flexibility index (Phi) is 3.14. The van der Waals surface area contributed by atoms with Gasteiger partial charge in [-0.1, -0.05) is 55.5 Å². The summed E-state index contributed by atoms with van der Waals surface area (Å²) in [6, 6.07) is 7.05. The molecule has 82 valence electrons. The van der Waals surface area contributed by atoms with Crippen LogP contribution in [-0.2, 0) is 0 Å². The lowest BCUT2D eigenvalue weighted by Crippen LogP contribution is -2.14. The van der Waals surface area contributed by atoms with Crippen molar-refractivity contribution in [1.29, 1.82) is 0 Å². The minimum absolute atomic E-state index is 0.817. The Morgan fingerprint density at radius 2 is 1.53 bits per heavy atom. The summed E-state index contributed by atoms with van der Waals surface area (Å²) in [5.41, 5.74) is 4.42. The zero-order valence-electron chi connectivity index (χ0n) is 10.2. The Labute approximate surface area is 93.7 Å². The fourth-order valence-corrected chi connectivity index (χ4v) is 3.04. The van der Waals surface area contributed by atoms with Crippen LogP contribution in [0, 0.1) is 19.8 Å². The zero-order chi connectivity index (χ0) is 10.8. The summed E-state index contributed by atoms with van der Waals surface area (Å²) in [5.74, 6) is 1.69. The van der Waals surface area contributed by atoms with E-state index in [1.807, 2.05) is 0 Å². The fourth-order valence-electron chi connectivity index (χ4n) is 3.04. The molecule has 0 N–H and O–H groups in total. The van der Waals surface area contributed by atoms with Gasteiger partial charge < -0.3 is 0 Å². The minimum Gasteiger partial charge on any atom is -0.0619 e. The van der Waals surface area contributed by atoms with Crippen molar-refractivity contribution in [3.05, 3.63) is 34.9 Å². The molecule has 0 radical (unpaired) electrons. The van der Waals surface area contributed by atoms with E-state index in [1.165, 1.54) is 36.8 Å². The van der Waals surface area contributed by atoms with E-state index in [4.69, 9.17) is 0 Å². The predicted octanol–water partition coefficient (Wildman–Crippen LogP) is 4.60. The van der Waals surface area contributed by atoms with Gasteiger partial charge in [0.2, 0.25) is 0 Å². The Balaban J connectivity index is 2.27. The summed E-state index contributed by atoms with van der Waals surface area (Å²) >= 11 is 0. The van der Waals surface area contributed by atoms with Crippen LogP contribution in [0.5, 0.6) is 0 Å². The molecular formula is C15H22. The van der Waals surface area contributed by atoms with Crippen molar-refractivity contribution >= 4 is 0 Å². The molecule has 0 unspecified atom stereocenters. The third-order valence-corrected chi connectivity index (χ3v) is 3.78. The summed E-state index contributed by atoms with van der Waals surface area (Å²) in [6.45, 7) is 6.84. The van der Waals surface area contributed by atoms with Crippen LogP contribution >= 0.6 is 0 Å². The molecule has 1 aromatic carbocycles. The number of hydrogen-bond donors (Lipinski definition) is 0. The van der Waals surface area contributed by atoms with Gasteiger partial charge in [0, 0.05) is 0 Å². The van der Waals surface area contributed by atoms with Crippen LogP contribution in [-0.4, -0.2) is 0 Å². The molecule has 0 heteroatoms. The molecule has 0 saturated heterocycles. The van der Waals surface area contributed by atoms with Gasteiger partial charge in [-0.05, 0) is 37.7 Å². The molecule has 1 saturated carbocycles. The molecule has 1 aliphatic rings. The first-order valence-electron chi connectivity index (χ1n) is 6.25. The highest BCUT2D eigenvalue weighted by Gasteiger charge is 2.22. The van der Waals surface area contributed by atoms with E-state index >= 15 is 0 Å². The average molecular weight is 202 g/mol. The molecule has 0 heterocycles.